The van der Waals surface area contributed by atoms with Crippen LogP contribution in [0.3, 0.4) is 0 Å². The average molecular weight is 374 g/mol. The van der Waals surface area contributed by atoms with Gasteiger partial charge in [0.15, 0.2) is 0 Å². The Morgan fingerprint density at radius 1 is 0.920 bits per heavy atom. The zero-order valence-electron chi connectivity index (χ0n) is 13.4. The van der Waals surface area contributed by atoms with Crippen molar-refractivity contribution in [1.82, 2.24) is 0 Å². The minimum absolute atomic E-state index is 0.155. The summed E-state index contributed by atoms with van der Waals surface area (Å²) in [6, 6.07) is 20.7. The molecule has 0 aromatic heterocycles. The molecule has 0 radical (unpaired) electrons. The van der Waals surface area contributed by atoms with Gasteiger partial charge in [-0.25, -0.2) is 8.42 Å². The Hall–Kier alpha value is -2.50. The van der Waals surface area contributed by atoms with Crippen molar-refractivity contribution in [2.75, 3.05) is 11.8 Å². The van der Waals surface area contributed by atoms with Crippen LogP contribution in [0.1, 0.15) is 0 Å². The first-order valence-corrected chi connectivity index (χ1v) is 9.37. The predicted molar refractivity (Wildman–Crippen MR) is 101 cm³/mol. The van der Waals surface area contributed by atoms with E-state index in [1.165, 1.54) is 19.2 Å². The van der Waals surface area contributed by atoms with Crippen LogP contribution in [0.5, 0.6) is 5.75 Å². The minimum Gasteiger partial charge on any atom is -0.497 e. The van der Waals surface area contributed by atoms with Crippen LogP contribution in [0.15, 0.2) is 77.7 Å². The molecule has 4 nitrogen and oxygen atoms in total. The number of ether oxygens (including phenoxy) is 1. The summed E-state index contributed by atoms with van der Waals surface area (Å²) < 4.78 is 33.1. The fourth-order valence-corrected chi connectivity index (χ4v) is 3.67. The summed E-state index contributed by atoms with van der Waals surface area (Å²) in [7, 11) is -2.20. The van der Waals surface area contributed by atoms with Gasteiger partial charge in [0.1, 0.15) is 5.75 Å². The van der Waals surface area contributed by atoms with Crippen molar-refractivity contribution < 1.29 is 13.2 Å². The number of benzene rings is 3. The highest BCUT2D eigenvalue weighted by molar-refractivity contribution is 7.92. The van der Waals surface area contributed by atoms with Crippen molar-refractivity contribution in [2.45, 2.75) is 4.90 Å². The first-order valence-electron chi connectivity index (χ1n) is 7.51. The summed E-state index contributed by atoms with van der Waals surface area (Å²) in [6.07, 6.45) is 0. The van der Waals surface area contributed by atoms with Gasteiger partial charge in [0, 0.05) is 10.6 Å². The number of sulfonamides is 1. The molecule has 0 saturated heterocycles. The van der Waals surface area contributed by atoms with Crippen molar-refractivity contribution >= 4 is 27.3 Å². The molecule has 1 N–H and O–H groups in total. The molecule has 3 aromatic rings. The third-order valence-electron chi connectivity index (χ3n) is 3.68. The summed E-state index contributed by atoms with van der Waals surface area (Å²) in [5.74, 6) is 0.593. The molecule has 0 spiro atoms. The Morgan fingerprint density at radius 3 is 2.24 bits per heavy atom. The van der Waals surface area contributed by atoms with Crippen LogP contribution < -0.4 is 9.46 Å². The van der Waals surface area contributed by atoms with Crippen molar-refractivity contribution in [3.05, 3.63) is 77.8 Å². The molecule has 3 rings (SSSR count). The van der Waals surface area contributed by atoms with Gasteiger partial charge in [-0.15, -0.1) is 0 Å². The molecular formula is C19H16ClNO3S. The van der Waals surface area contributed by atoms with Crippen LogP contribution in [-0.2, 0) is 10.0 Å². The number of rotatable bonds is 5. The van der Waals surface area contributed by atoms with E-state index in [2.05, 4.69) is 4.72 Å². The molecule has 0 heterocycles. The number of nitrogens with one attached hydrogen (secondary N) is 1. The van der Waals surface area contributed by atoms with E-state index in [0.717, 1.165) is 5.56 Å². The summed E-state index contributed by atoms with van der Waals surface area (Å²) in [6.45, 7) is 0. The van der Waals surface area contributed by atoms with E-state index in [-0.39, 0.29) is 4.90 Å². The van der Waals surface area contributed by atoms with Crippen LogP contribution >= 0.6 is 11.6 Å². The van der Waals surface area contributed by atoms with E-state index in [1.807, 2.05) is 30.3 Å². The molecule has 3 aromatic carbocycles. The quantitative estimate of drug-likeness (QED) is 0.697. The second kappa shape index (κ2) is 7.17. The molecule has 0 atom stereocenters. The molecule has 0 bridgehead atoms. The lowest BCUT2D eigenvalue weighted by Crippen LogP contribution is -2.13. The van der Waals surface area contributed by atoms with Crippen molar-refractivity contribution in [3.63, 3.8) is 0 Å². The summed E-state index contributed by atoms with van der Waals surface area (Å²) in [5.41, 5.74) is 2.05. The van der Waals surface area contributed by atoms with E-state index in [9.17, 15) is 8.42 Å². The molecule has 0 fully saturated rings. The highest BCUT2D eigenvalue weighted by Crippen LogP contribution is 2.32. The van der Waals surface area contributed by atoms with E-state index in [4.69, 9.17) is 16.3 Å². The van der Waals surface area contributed by atoms with Gasteiger partial charge in [-0.1, -0.05) is 41.9 Å². The normalized spacial score (nSPS) is 11.1. The summed E-state index contributed by atoms with van der Waals surface area (Å²) in [5, 5.41) is 0.534. The van der Waals surface area contributed by atoms with E-state index >= 15 is 0 Å². The molecule has 0 aliphatic carbocycles. The molecule has 128 valence electrons. The highest BCUT2D eigenvalue weighted by Gasteiger charge is 2.17. The molecule has 0 unspecified atom stereocenters. The van der Waals surface area contributed by atoms with Crippen LogP contribution in [0.25, 0.3) is 11.1 Å². The lowest BCUT2D eigenvalue weighted by atomic mass is 10.0. The maximum absolute atomic E-state index is 12.7. The Balaban J connectivity index is 1.99. The Bertz CT molecular complexity index is 971. The second-order valence-electron chi connectivity index (χ2n) is 5.34. The zero-order chi connectivity index (χ0) is 17.9. The number of hydrogen-bond acceptors (Lipinski definition) is 3. The van der Waals surface area contributed by atoms with Gasteiger partial charge in [-0.05, 0) is 48.0 Å². The first-order chi connectivity index (χ1) is 12.0. The molecule has 6 heteroatoms. The van der Waals surface area contributed by atoms with Crippen LogP contribution in [0.2, 0.25) is 5.02 Å². The molecule has 0 aliphatic heterocycles. The Morgan fingerprint density at radius 2 is 1.60 bits per heavy atom. The number of halogens is 1. The van der Waals surface area contributed by atoms with E-state index in [0.29, 0.717) is 22.0 Å². The van der Waals surface area contributed by atoms with Gasteiger partial charge >= 0.3 is 0 Å². The Kier molecular flexibility index (Phi) is 4.97. The van der Waals surface area contributed by atoms with E-state index in [1.54, 1.807) is 30.3 Å². The lowest BCUT2D eigenvalue weighted by Gasteiger charge is -2.14. The summed E-state index contributed by atoms with van der Waals surface area (Å²) >= 11 is 6.10. The van der Waals surface area contributed by atoms with Gasteiger partial charge in [0.05, 0.1) is 17.7 Å². The first kappa shape index (κ1) is 17.3. The minimum atomic E-state index is -3.73. The third-order valence-corrected chi connectivity index (χ3v) is 5.30. The number of methoxy groups -OCH3 is 1. The third kappa shape index (κ3) is 3.95. The monoisotopic (exact) mass is 373 g/mol. The predicted octanol–water partition coefficient (Wildman–Crippen LogP) is 4.82. The van der Waals surface area contributed by atoms with Crippen LogP contribution in [0, 0.1) is 0 Å². The van der Waals surface area contributed by atoms with Gasteiger partial charge in [-0.3, -0.25) is 4.72 Å². The SMILES string of the molecule is COc1ccc(S(=O)(=O)Nc2ccc(Cl)cc2-c2ccccc2)cc1. The van der Waals surface area contributed by atoms with Crippen LogP contribution in [0.4, 0.5) is 5.69 Å². The fourth-order valence-electron chi connectivity index (χ4n) is 2.42. The largest absolute Gasteiger partial charge is 0.497 e. The van der Waals surface area contributed by atoms with Gasteiger partial charge in [0.25, 0.3) is 10.0 Å². The standard InChI is InChI=1S/C19H16ClNO3S/c1-24-16-8-10-17(11-9-16)25(22,23)21-19-12-7-15(20)13-18(19)14-5-3-2-4-6-14/h2-13,21H,1H3. The van der Waals surface area contributed by atoms with Gasteiger partial charge in [0.2, 0.25) is 0 Å². The van der Waals surface area contributed by atoms with Crippen molar-refractivity contribution in [1.29, 1.82) is 0 Å². The average Bonchev–Trinajstić information content (AvgIpc) is 2.64. The molecule has 25 heavy (non-hydrogen) atoms. The number of anilines is 1. The van der Waals surface area contributed by atoms with Gasteiger partial charge < -0.3 is 4.74 Å². The molecule has 0 saturated carbocycles. The van der Waals surface area contributed by atoms with Crippen LogP contribution in [-0.4, -0.2) is 15.5 Å². The molecular weight excluding hydrogens is 358 g/mol. The lowest BCUT2D eigenvalue weighted by molar-refractivity contribution is 0.414. The zero-order valence-corrected chi connectivity index (χ0v) is 15.0. The summed E-state index contributed by atoms with van der Waals surface area (Å²) in [4.78, 5) is 0.155. The van der Waals surface area contributed by atoms with Gasteiger partial charge in [-0.2, -0.15) is 0 Å². The molecule has 0 aliphatic rings. The highest BCUT2D eigenvalue weighted by atomic mass is 35.5. The maximum atomic E-state index is 12.7. The molecule has 0 amide bonds. The Labute approximate surface area is 152 Å². The second-order valence-corrected chi connectivity index (χ2v) is 7.46. The smallest absolute Gasteiger partial charge is 0.261 e. The maximum Gasteiger partial charge on any atom is 0.261 e. The van der Waals surface area contributed by atoms with Crippen molar-refractivity contribution in [2.24, 2.45) is 0 Å². The topological polar surface area (TPSA) is 55.4 Å². The number of hydrogen-bond donors (Lipinski definition) is 1. The van der Waals surface area contributed by atoms with E-state index < -0.39 is 10.0 Å². The van der Waals surface area contributed by atoms with Crippen molar-refractivity contribution in [3.8, 4) is 16.9 Å². The fraction of sp³-hybridized carbons (Fsp3) is 0.0526.